The number of carbonyl (C=O) groups excluding carboxylic acids is 2. The van der Waals surface area contributed by atoms with E-state index in [9.17, 15) is 14.0 Å². The fourth-order valence-electron chi connectivity index (χ4n) is 3.08. The van der Waals surface area contributed by atoms with Crippen molar-refractivity contribution in [3.8, 4) is 0 Å². The first-order valence-electron chi connectivity index (χ1n) is 9.97. The summed E-state index contributed by atoms with van der Waals surface area (Å²) in [4.78, 5) is 27.5. The van der Waals surface area contributed by atoms with Gasteiger partial charge in [0.2, 0.25) is 11.8 Å². The van der Waals surface area contributed by atoms with Crippen molar-refractivity contribution < 1.29 is 14.0 Å². The molecule has 0 fully saturated rings. The zero-order chi connectivity index (χ0) is 22.3. The van der Waals surface area contributed by atoms with Gasteiger partial charge in [-0.3, -0.25) is 9.59 Å². The van der Waals surface area contributed by atoms with Crippen LogP contribution in [0.1, 0.15) is 38.3 Å². The van der Waals surface area contributed by atoms with Crippen molar-refractivity contribution in [1.82, 2.24) is 10.2 Å². The van der Waals surface area contributed by atoms with Gasteiger partial charge in [0.05, 0.1) is 6.42 Å². The number of hydrogen-bond acceptors (Lipinski definition) is 2. The fourth-order valence-corrected chi connectivity index (χ4v) is 3.55. The summed E-state index contributed by atoms with van der Waals surface area (Å²) in [5.41, 5.74) is 0.949. The van der Waals surface area contributed by atoms with Crippen LogP contribution in [0, 0.1) is 11.7 Å². The summed E-state index contributed by atoms with van der Waals surface area (Å²) < 4.78 is 14.1. The second kappa shape index (κ2) is 11.3. The molecule has 0 bridgehead atoms. The second-order valence-electron chi connectivity index (χ2n) is 7.59. The Morgan fingerprint density at radius 2 is 1.80 bits per heavy atom. The summed E-state index contributed by atoms with van der Waals surface area (Å²) in [6.07, 6.45) is 0.268. The van der Waals surface area contributed by atoms with Crippen LogP contribution >= 0.6 is 23.2 Å². The highest BCUT2D eigenvalue weighted by Crippen LogP contribution is 2.24. The molecule has 162 valence electrons. The number of amides is 2. The van der Waals surface area contributed by atoms with Gasteiger partial charge in [-0.15, -0.1) is 0 Å². The molecule has 0 aliphatic rings. The number of nitrogens with zero attached hydrogens (tertiary/aromatic N) is 1. The maximum absolute atomic E-state index is 14.1. The average molecular weight is 453 g/mol. The number of hydrogen-bond donors (Lipinski definition) is 1. The summed E-state index contributed by atoms with van der Waals surface area (Å²) in [7, 11) is 0. The molecule has 2 aromatic rings. The van der Waals surface area contributed by atoms with E-state index in [0.29, 0.717) is 28.6 Å². The molecule has 0 heterocycles. The highest BCUT2D eigenvalue weighted by atomic mass is 35.5. The predicted molar refractivity (Wildman–Crippen MR) is 119 cm³/mol. The molecule has 0 radical (unpaired) electrons. The smallest absolute Gasteiger partial charge is 0.242 e. The molecule has 2 amide bonds. The van der Waals surface area contributed by atoms with E-state index in [1.165, 1.54) is 11.0 Å². The van der Waals surface area contributed by atoms with Crippen LogP contribution < -0.4 is 5.32 Å². The Bertz CT molecular complexity index is 889. The second-order valence-corrected chi connectivity index (χ2v) is 8.43. The van der Waals surface area contributed by atoms with Gasteiger partial charge in [-0.05, 0) is 41.7 Å². The first kappa shape index (κ1) is 24.2. The van der Waals surface area contributed by atoms with Gasteiger partial charge in [-0.2, -0.15) is 0 Å². The molecular formula is C23H27Cl2FN2O2. The van der Waals surface area contributed by atoms with E-state index in [1.807, 2.05) is 20.8 Å². The average Bonchev–Trinajstić information content (AvgIpc) is 2.69. The Morgan fingerprint density at radius 1 is 1.10 bits per heavy atom. The first-order valence-corrected chi connectivity index (χ1v) is 10.7. The van der Waals surface area contributed by atoms with Gasteiger partial charge in [0.15, 0.2) is 0 Å². The SMILES string of the molecule is CC[C@H](C(=O)NCC(C)C)N(Cc1ccc(Cl)cc1Cl)C(=O)Cc1ccccc1F. The first-order chi connectivity index (χ1) is 14.2. The van der Waals surface area contributed by atoms with Crippen molar-refractivity contribution in [2.24, 2.45) is 5.92 Å². The third-order valence-electron chi connectivity index (χ3n) is 4.73. The molecule has 2 aromatic carbocycles. The number of halogens is 3. The quantitative estimate of drug-likeness (QED) is 0.564. The third-order valence-corrected chi connectivity index (χ3v) is 5.31. The third kappa shape index (κ3) is 6.71. The lowest BCUT2D eigenvalue weighted by atomic mass is 10.1. The van der Waals surface area contributed by atoms with E-state index in [2.05, 4.69) is 5.32 Å². The number of nitrogens with one attached hydrogen (secondary N) is 1. The normalized spacial score (nSPS) is 12.0. The van der Waals surface area contributed by atoms with Gasteiger partial charge in [0.25, 0.3) is 0 Å². The molecule has 0 aliphatic carbocycles. The molecular weight excluding hydrogens is 426 g/mol. The maximum Gasteiger partial charge on any atom is 0.242 e. The van der Waals surface area contributed by atoms with E-state index in [-0.39, 0.29) is 36.3 Å². The molecule has 0 aromatic heterocycles. The summed E-state index contributed by atoms with van der Waals surface area (Å²) in [5, 5.41) is 3.78. The molecule has 0 saturated heterocycles. The van der Waals surface area contributed by atoms with E-state index >= 15 is 0 Å². The molecule has 4 nitrogen and oxygen atoms in total. The minimum Gasteiger partial charge on any atom is -0.354 e. The zero-order valence-electron chi connectivity index (χ0n) is 17.4. The lowest BCUT2D eigenvalue weighted by Crippen LogP contribution is -2.50. The number of benzene rings is 2. The predicted octanol–water partition coefficient (Wildman–Crippen LogP) is 5.25. The summed E-state index contributed by atoms with van der Waals surface area (Å²) in [5.74, 6) is -0.761. The van der Waals surface area contributed by atoms with Crippen LogP contribution in [0.3, 0.4) is 0 Å². The van der Waals surface area contributed by atoms with Crippen molar-refractivity contribution in [2.75, 3.05) is 6.54 Å². The Labute approximate surface area is 187 Å². The zero-order valence-corrected chi connectivity index (χ0v) is 18.9. The van der Waals surface area contributed by atoms with E-state index in [4.69, 9.17) is 23.2 Å². The molecule has 0 spiro atoms. The van der Waals surface area contributed by atoms with Crippen LogP contribution in [0.4, 0.5) is 4.39 Å². The van der Waals surface area contributed by atoms with Crippen LogP contribution in [-0.2, 0) is 22.6 Å². The Balaban J connectivity index is 2.33. The lowest BCUT2D eigenvalue weighted by molar-refractivity contribution is -0.141. The summed E-state index contributed by atoms with van der Waals surface area (Å²) >= 11 is 12.3. The monoisotopic (exact) mass is 452 g/mol. The van der Waals surface area contributed by atoms with Gasteiger partial charge in [0, 0.05) is 23.1 Å². The molecule has 0 saturated carbocycles. The summed E-state index contributed by atoms with van der Waals surface area (Å²) in [6.45, 7) is 6.46. The Morgan fingerprint density at radius 3 is 2.40 bits per heavy atom. The van der Waals surface area contributed by atoms with Crippen LogP contribution in [0.2, 0.25) is 10.0 Å². The number of carbonyl (C=O) groups is 2. The standard InChI is InChI=1S/C23H27Cl2FN2O2/c1-4-21(23(30)27-13-15(2)3)28(14-17-9-10-18(24)12-19(17)25)22(29)11-16-7-5-6-8-20(16)26/h5-10,12,15,21H,4,11,13-14H2,1-3H3,(H,27,30)/t21-/m1/s1. The van der Waals surface area contributed by atoms with Crippen molar-refractivity contribution in [3.63, 3.8) is 0 Å². The van der Waals surface area contributed by atoms with Crippen LogP contribution in [0.5, 0.6) is 0 Å². The van der Waals surface area contributed by atoms with Crippen molar-refractivity contribution in [3.05, 3.63) is 69.5 Å². The van der Waals surface area contributed by atoms with Crippen LogP contribution in [-0.4, -0.2) is 29.3 Å². The molecule has 0 unspecified atom stereocenters. The number of rotatable bonds is 9. The van der Waals surface area contributed by atoms with E-state index in [1.54, 1.807) is 36.4 Å². The maximum atomic E-state index is 14.1. The van der Waals surface area contributed by atoms with Gasteiger partial charge >= 0.3 is 0 Å². The molecule has 1 N–H and O–H groups in total. The van der Waals surface area contributed by atoms with Crippen LogP contribution in [0.15, 0.2) is 42.5 Å². The van der Waals surface area contributed by atoms with Crippen molar-refractivity contribution in [2.45, 2.75) is 46.2 Å². The summed E-state index contributed by atoms with van der Waals surface area (Å²) in [6, 6.07) is 10.4. The minimum atomic E-state index is -0.699. The van der Waals surface area contributed by atoms with E-state index < -0.39 is 11.9 Å². The topological polar surface area (TPSA) is 49.4 Å². The van der Waals surface area contributed by atoms with E-state index in [0.717, 1.165) is 0 Å². The molecule has 1 atom stereocenters. The van der Waals surface area contributed by atoms with Crippen molar-refractivity contribution in [1.29, 1.82) is 0 Å². The molecule has 0 aliphatic heterocycles. The molecule has 30 heavy (non-hydrogen) atoms. The van der Waals surface area contributed by atoms with Gasteiger partial charge in [-0.25, -0.2) is 4.39 Å². The highest BCUT2D eigenvalue weighted by Gasteiger charge is 2.29. The van der Waals surface area contributed by atoms with Gasteiger partial charge < -0.3 is 10.2 Å². The minimum absolute atomic E-state index is 0.122. The van der Waals surface area contributed by atoms with Gasteiger partial charge in [0.1, 0.15) is 11.9 Å². The molecule has 2 rings (SSSR count). The fraction of sp³-hybridized carbons (Fsp3) is 0.391. The Hall–Kier alpha value is -2.11. The van der Waals surface area contributed by atoms with Crippen LogP contribution in [0.25, 0.3) is 0 Å². The molecule has 7 heteroatoms. The highest BCUT2D eigenvalue weighted by molar-refractivity contribution is 6.35. The van der Waals surface area contributed by atoms with Gasteiger partial charge in [-0.1, -0.05) is 68.2 Å². The Kier molecular flexibility index (Phi) is 9.12. The van der Waals surface area contributed by atoms with Crippen molar-refractivity contribution >= 4 is 35.0 Å². The lowest BCUT2D eigenvalue weighted by Gasteiger charge is -2.31. The largest absolute Gasteiger partial charge is 0.354 e.